The van der Waals surface area contributed by atoms with Crippen molar-refractivity contribution < 1.29 is 14.3 Å². The van der Waals surface area contributed by atoms with Gasteiger partial charge in [-0.05, 0) is 37.1 Å². The molecule has 0 aliphatic carbocycles. The van der Waals surface area contributed by atoms with E-state index >= 15 is 0 Å². The van der Waals surface area contributed by atoms with Crippen LogP contribution in [-0.2, 0) is 4.79 Å². The number of carbonyl (C=O) groups is 2. The van der Waals surface area contributed by atoms with Gasteiger partial charge in [-0.2, -0.15) is 0 Å². The van der Waals surface area contributed by atoms with Gasteiger partial charge in [-0.25, -0.2) is 4.98 Å². The number of hydrogen-bond donors (Lipinski definition) is 2. The van der Waals surface area contributed by atoms with Crippen molar-refractivity contribution in [1.29, 1.82) is 0 Å². The Morgan fingerprint density at radius 1 is 1.29 bits per heavy atom. The summed E-state index contributed by atoms with van der Waals surface area (Å²) in [4.78, 5) is 34.7. The number of aromatic nitrogens is 2. The summed E-state index contributed by atoms with van der Waals surface area (Å²) < 4.78 is 5.21. The Morgan fingerprint density at radius 2 is 2.00 bits per heavy atom. The van der Waals surface area contributed by atoms with Crippen molar-refractivity contribution in [2.45, 2.75) is 32.6 Å². The van der Waals surface area contributed by atoms with E-state index in [-0.39, 0.29) is 23.7 Å². The number of methoxy groups -OCH3 is 1. The largest absolute Gasteiger partial charge is 0.497 e. The summed E-state index contributed by atoms with van der Waals surface area (Å²) in [5.41, 5.74) is 1.90. The Morgan fingerprint density at radius 3 is 2.61 bits per heavy atom. The molecule has 3 rings (SSSR count). The first-order valence-corrected chi connectivity index (χ1v) is 9.69. The van der Waals surface area contributed by atoms with Crippen LogP contribution < -0.4 is 10.1 Å². The lowest BCUT2D eigenvalue weighted by Gasteiger charge is -2.33. The van der Waals surface area contributed by atoms with Crippen molar-refractivity contribution >= 4 is 11.8 Å². The quantitative estimate of drug-likeness (QED) is 0.830. The number of benzene rings is 1. The first kappa shape index (κ1) is 19.9. The molecule has 7 nitrogen and oxygen atoms in total. The minimum Gasteiger partial charge on any atom is -0.497 e. The predicted molar refractivity (Wildman–Crippen MR) is 107 cm³/mol. The zero-order chi connectivity index (χ0) is 20.3. The number of piperidine rings is 1. The third-order valence-electron chi connectivity index (χ3n) is 5.15. The second kappa shape index (κ2) is 8.46. The highest BCUT2D eigenvalue weighted by Crippen LogP contribution is 2.30. The van der Waals surface area contributed by atoms with E-state index in [9.17, 15) is 9.59 Å². The number of rotatable bonds is 5. The Balaban J connectivity index is 1.92. The van der Waals surface area contributed by atoms with Crippen LogP contribution in [0.15, 0.2) is 24.3 Å². The molecule has 1 fully saturated rings. The van der Waals surface area contributed by atoms with E-state index in [0.717, 1.165) is 36.5 Å². The maximum Gasteiger partial charge on any atom is 0.269 e. The van der Waals surface area contributed by atoms with E-state index in [1.54, 1.807) is 14.2 Å². The lowest BCUT2D eigenvalue weighted by Crippen LogP contribution is -2.41. The number of carbonyl (C=O) groups excluding carboxylic acids is 2. The van der Waals surface area contributed by atoms with Gasteiger partial charge in [-0.15, -0.1) is 0 Å². The number of imidazole rings is 1. The fourth-order valence-electron chi connectivity index (χ4n) is 3.60. The molecule has 1 aromatic heterocycles. The van der Waals surface area contributed by atoms with E-state index in [2.05, 4.69) is 10.3 Å². The van der Waals surface area contributed by atoms with Gasteiger partial charge in [0.05, 0.1) is 7.11 Å². The van der Waals surface area contributed by atoms with Crippen LogP contribution in [-0.4, -0.2) is 53.9 Å². The first-order chi connectivity index (χ1) is 13.4. The summed E-state index contributed by atoms with van der Waals surface area (Å²) in [6.07, 6.45) is 1.86. The summed E-state index contributed by atoms with van der Waals surface area (Å²) in [6.45, 7) is 5.25. The lowest BCUT2D eigenvalue weighted by atomic mass is 9.96. The molecule has 1 saturated heterocycles. The van der Waals surface area contributed by atoms with Gasteiger partial charge in [-0.1, -0.05) is 13.8 Å². The molecule has 2 N–H and O–H groups in total. The van der Waals surface area contributed by atoms with Gasteiger partial charge in [0, 0.05) is 37.5 Å². The normalized spacial score (nSPS) is 16.9. The maximum atomic E-state index is 12.4. The molecule has 150 valence electrons. The minimum atomic E-state index is -0.213. The van der Waals surface area contributed by atoms with Crippen molar-refractivity contribution in [3.05, 3.63) is 35.8 Å². The molecule has 1 aromatic carbocycles. The summed E-state index contributed by atoms with van der Waals surface area (Å²) in [7, 11) is 3.22. The highest BCUT2D eigenvalue weighted by Gasteiger charge is 2.29. The maximum absolute atomic E-state index is 12.4. The smallest absolute Gasteiger partial charge is 0.269 e. The second-order valence-corrected chi connectivity index (χ2v) is 7.43. The van der Waals surface area contributed by atoms with Crippen LogP contribution in [0, 0.1) is 5.92 Å². The number of H-pyrrole nitrogens is 1. The Hall–Kier alpha value is -2.83. The fourth-order valence-corrected chi connectivity index (χ4v) is 3.60. The zero-order valence-corrected chi connectivity index (χ0v) is 16.9. The van der Waals surface area contributed by atoms with Gasteiger partial charge in [0.15, 0.2) is 0 Å². The monoisotopic (exact) mass is 384 g/mol. The molecule has 0 bridgehead atoms. The van der Waals surface area contributed by atoms with Crippen LogP contribution in [0.1, 0.15) is 48.9 Å². The van der Waals surface area contributed by atoms with Crippen molar-refractivity contribution in [3.8, 4) is 17.0 Å². The molecule has 1 atom stereocenters. The summed E-state index contributed by atoms with van der Waals surface area (Å²) in [5.74, 6) is 1.52. The molecular weight excluding hydrogens is 356 g/mol. The lowest BCUT2D eigenvalue weighted by molar-refractivity contribution is -0.135. The van der Waals surface area contributed by atoms with E-state index < -0.39 is 0 Å². The first-order valence-electron chi connectivity index (χ1n) is 9.69. The third kappa shape index (κ3) is 4.03. The average molecular weight is 384 g/mol. The number of aromatic amines is 1. The van der Waals surface area contributed by atoms with Gasteiger partial charge in [-0.3, -0.25) is 9.59 Å². The molecule has 1 aliphatic heterocycles. The Bertz CT molecular complexity index is 842. The van der Waals surface area contributed by atoms with Crippen LogP contribution in [0.5, 0.6) is 5.75 Å². The van der Waals surface area contributed by atoms with E-state index in [0.29, 0.717) is 17.9 Å². The van der Waals surface area contributed by atoms with Crippen LogP contribution in [0.25, 0.3) is 11.3 Å². The van der Waals surface area contributed by atoms with Crippen molar-refractivity contribution in [2.24, 2.45) is 5.92 Å². The average Bonchev–Trinajstić information content (AvgIpc) is 3.18. The summed E-state index contributed by atoms with van der Waals surface area (Å²) >= 11 is 0. The summed E-state index contributed by atoms with van der Waals surface area (Å²) in [5, 5.41) is 2.67. The molecule has 28 heavy (non-hydrogen) atoms. The highest BCUT2D eigenvalue weighted by atomic mass is 16.5. The van der Waals surface area contributed by atoms with Gasteiger partial charge in [0.1, 0.15) is 23.0 Å². The molecule has 2 aromatic rings. The van der Waals surface area contributed by atoms with Gasteiger partial charge in [0.2, 0.25) is 5.91 Å². The van der Waals surface area contributed by atoms with E-state index in [1.165, 1.54) is 0 Å². The molecule has 0 radical (unpaired) electrons. The van der Waals surface area contributed by atoms with Crippen molar-refractivity contribution in [3.63, 3.8) is 0 Å². The number of nitrogens with one attached hydrogen (secondary N) is 2. The standard InChI is InChI=1S/C21H28N4O3/c1-13(2)21(27)25-11-5-6-15(12-25)19-23-17(18(24-19)20(26)22-3)14-7-9-16(28-4)10-8-14/h7-10,13,15H,5-6,11-12H2,1-4H3,(H,22,26)(H,23,24)/t15-/m1/s1. The fraction of sp³-hybridized carbons (Fsp3) is 0.476. The molecule has 0 spiro atoms. The van der Waals surface area contributed by atoms with E-state index in [4.69, 9.17) is 9.72 Å². The topological polar surface area (TPSA) is 87.3 Å². The molecule has 7 heteroatoms. The van der Waals surface area contributed by atoms with Crippen molar-refractivity contribution in [2.75, 3.05) is 27.2 Å². The van der Waals surface area contributed by atoms with Gasteiger partial charge < -0.3 is 19.9 Å². The molecule has 0 unspecified atom stereocenters. The molecular formula is C21H28N4O3. The van der Waals surface area contributed by atoms with Crippen molar-refractivity contribution in [1.82, 2.24) is 20.2 Å². The number of amides is 2. The Kier molecular flexibility index (Phi) is 6.02. The summed E-state index contributed by atoms with van der Waals surface area (Å²) in [6, 6.07) is 7.48. The van der Waals surface area contributed by atoms with Crippen LogP contribution in [0.2, 0.25) is 0 Å². The van der Waals surface area contributed by atoms with Crippen LogP contribution in [0.4, 0.5) is 0 Å². The second-order valence-electron chi connectivity index (χ2n) is 7.43. The third-order valence-corrected chi connectivity index (χ3v) is 5.15. The molecule has 2 heterocycles. The predicted octanol–water partition coefficient (Wildman–Crippen LogP) is 2.81. The molecule has 0 saturated carbocycles. The van der Waals surface area contributed by atoms with Gasteiger partial charge >= 0.3 is 0 Å². The molecule has 2 amide bonds. The van der Waals surface area contributed by atoms with Crippen LogP contribution >= 0.6 is 0 Å². The highest BCUT2D eigenvalue weighted by molar-refractivity contribution is 5.98. The Labute approximate surface area is 165 Å². The van der Waals surface area contributed by atoms with Gasteiger partial charge in [0.25, 0.3) is 5.91 Å². The number of nitrogens with zero attached hydrogens (tertiary/aromatic N) is 2. The number of likely N-dealkylation sites (tertiary alicyclic amines) is 1. The van der Waals surface area contributed by atoms with Crippen LogP contribution in [0.3, 0.4) is 0 Å². The molecule has 1 aliphatic rings. The number of hydrogen-bond acceptors (Lipinski definition) is 4. The SMILES string of the molecule is CNC(=O)c1[nH]c([C@@H]2CCCN(C(=O)C(C)C)C2)nc1-c1ccc(OC)cc1. The minimum absolute atomic E-state index is 0.0216. The zero-order valence-electron chi connectivity index (χ0n) is 16.9. The van der Waals surface area contributed by atoms with E-state index in [1.807, 2.05) is 43.0 Å². The number of ether oxygens (including phenoxy) is 1.